The molecular formula is C18H19N5O3. The highest BCUT2D eigenvalue weighted by Crippen LogP contribution is 2.30. The van der Waals surface area contributed by atoms with Gasteiger partial charge in [-0.15, -0.1) is 0 Å². The summed E-state index contributed by atoms with van der Waals surface area (Å²) in [7, 11) is 0. The van der Waals surface area contributed by atoms with E-state index in [0.717, 1.165) is 11.3 Å². The first-order valence-electron chi connectivity index (χ1n) is 8.52. The number of pyridine rings is 1. The Morgan fingerprint density at radius 1 is 1.15 bits per heavy atom. The Balaban J connectivity index is 1.47. The van der Waals surface area contributed by atoms with Gasteiger partial charge in [0.2, 0.25) is 5.91 Å². The third kappa shape index (κ3) is 2.63. The lowest BCUT2D eigenvalue weighted by Crippen LogP contribution is -2.52. The van der Waals surface area contributed by atoms with Crippen LogP contribution in [0.15, 0.2) is 49.1 Å². The molecule has 0 aromatic carbocycles. The van der Waals surface area contributed by atoms with Crippen molar-refractivity contribution < 1.29 is 14.7 Å². The fourth-order valence-corrected chi connectivity index (χ4v) is 3.57. The fourth-order valence-electron chi connectivity index (χ4n) is 3.57. The molecule has 0 atom stereocenters. The molecule has 1 saturated heterocycles. The number of likely N-dealkylation sites (tertiary alicyclic amines) is 1. The Morgan fingerprint density at radius 2 is 1.96 bits per heavy atom. The Kier molecular flexibility index (Phi) is 3.95. The highest BCUT2D eigenvalue weighted by atomic mass is 16.4. The Hall–Kier alpha value is -3.16. The molecule has 4 heterocycles. The van der Waals surface area contributed by atoms with Crippen molar-refractivity contribution in [2.75, 3.05) is 13.1 Å². The number of carbonyl (C=O) groups excluding carboxylic acids is 1. The van der Waals surface area contributed by atoms with E-state index in [4.69, 9.17) is 0 Å². The van der Waals surface area contributed by atoms with Crippen LogP contribution in [0.3, 0.4) is 0 Å². The summed E-state index contributed by atoms with van der Waals surface area (Å²) in [5.74, 6) is -0.926. The van der Waals surface area contributed by atoms with Crippen LogP contribution in [0.5, 0.6) is 0 Å². The Morgan fingerprint density at radius 3 is 2.65 bits per heavy atom. The van der Waals surface area contributed by atoms with Crippen LogP contribution in [0.25, 0.3) is 5.65 Å². The van der Waals surface area contributed by atoms with Crippen molar-refractivity contribution >= 4 is 17.5 Å². The van der Waals surface area contributed by atoms with E-state index < -0.39 is 11.5 Å². The summed E-state index contributed by atoms with van der Waals surface area (Å²) in [4.78, 5) is 30.6. The minimum Gasteiger partial charge on any atom is -0.479 e. The van der Waals surface area contributed by atoms with Gasteiger partial charge in [-0.05, 0) is 18.2 Å². The lowest BCUT2D eigenvalue weighted by molar-refractivity contribution is -0.153. The standard InChI is InChI=1S/C18H19N5O3/c24-16(12-14-13-19-15-4-1-2-8-22(14)15)21-10-5-18(6-11-21,17(25)26)23-9-3-7-20-23/h1-4,7-9,13H,5-6,10-12H2,(H,25,26). The highest BCUT2D eigenvalue weighted by molar-refractivity contribution is 5.80. The number of fused-ring (bicyclic) bond motifs is 1. The molecule has 1 fully saturated rings. The van der Waals surface area contributed by atoms with Gasteiger partial charge in [0, 0.05) is 50.7 Å². The summed E-state index contributed by atoms with van der Waals surface area (Å²) in [6, 6.07) is 7.40. The Labute approximate surface area is 149 Å². The monoisotopic (exact) mass is 353 g/mol. The summed E-state index contributed by atoms with van der Waals surface area (Å²) in [5.41, 5.74) is 0.550. The van der Waals surface area contributed by atoms with Gasteiger partial charge in [-0.1, -0.05) is 6.07 Å². The molecular weight excluding hydrogens is 334 g/mol. The number of nitrogens with zero attached hydrogens (tertiary/aromatic N) is 5. The minimum absolute atomic E-state index is 0.0184. The van der Waals surface area contributed by atoms with Crippen molar-refractivity contribution in [1.29, 1.82) is 0 Å². The van der Waals surface area contributed by atoms with E-state index in [0.29, 0.717) is 25.9 Å². The van der Waals surface area contributed by atoms with Crippen LogP contribution in [-0.4, -0.2) is 54.1 Å². The number of hydrogen-bond donors (Lipinski definition) is 1. The molecule has 0 spiro atoms. The fraction of sp³-hybridized carbons (Fsp3) is 0.333. The lowest BCUT2D eigenvalue weighted by atomic mass is 9.87. The van der Waals surface area contributed by atoms with E-state index in [1.807, 2.05) is 28.8 Å². The van der Waals surface area contributed by atoms with Gasteiger partial charge in [0.15, 0.2) is 5.54 Å². The maximum absolute atomic E-state index is 12.7. The summed E-state index contributed by atoms with van der Waals surface area (Å²) in [6.45, 7) is 0.781. The van der Waals surface area contributed by atoms with Crippen LogP contribution in [0.1, 0.15) is 18.5 Å². The molecule has 4 rings (SSSR count). The molecule has 1 aliphatic rings. The number of aromatic nitrogens is 4. The van der Waals surface area contributed by atoms with Gasteiger partial charge in [0.25, 0.3) is 0 Å². The summed E-state index contributed by atoms with van der Waals surface area (Å²) in [6.07, 6.45) is 7.76. The Bertz CT molecular complexity index is 939. The maximum Gasteiger partial charge on any atom is 0.331 e. The molecule has 3 aromatic heterocycles. The zero-order valence-electron chi connectivity index (χ0n) is 14.2. The second-order valence-corrected chi connectivity index (χ2v) is 6.52. The van der Waals surface area contributed by atoms with E-state index in [2.05, 4.69) is 10.1 Å². The summed E-state index contributed by atoms with van der Waals surface area (Å²) < 4.78 is 3.40. The predicted molar refractivity (Wildman–Crippen MR) is 92.5 cm³/mol. The second kappa shape index (κ2) is 6.29. The van der Waals surface area contributed by atoms with Crippen LogP contribution in [0.2, 0.25) is 0 Å². The quantitative estimate of drug-likeness (QED) is 0.760. The number of rotatable bonds is 4. The van der Waals surface area contributed by atoms with Crippen LogP contribution in [-0.2, 0) is 21.5 Å². The van der Waals surface area contributed by atoms with E-state index in [-0.39, 0.29) is 12.3 Å². The van der Waals surface area contributed by atoms with Gasteiger partial charge in [-0.25, -0.2) is 9.78 Å². The van der Waals surface area contributed by atoms with Crippen molar-refractivity contribution in [3.05, 3.63) is 54.7 Å². The van der Waals surface area contributed by atoms with Crippen molar-refractivity contribution in [2.45, 2.75) is 24.8 Å². The third-order valence-corrected chi connectivity index (χ3v) is 5.11. The van der Waals surface area contributed by atoms with Crippen molar-refractivity contribution in [3.63, 3.8) is 0 Å². The minimum atomic E-state index is -1.08. The number of carbonyl (C=O) groups is 2. The van der Waals surface area contributed by atoms with E-state index >= 15 is 0 Å². The van der Waals surface area contributed by atoms with Gasteiger partial charge < -0.3 is 14.4 Å². The smallest absolute Gasteiger partial charge is 0.331 e. The topological polar surface area (TPSA) is 92.7 Å². The zero-order valence-corrected chi connectivity index (χ0v) is 14.2. The number of imidazole rings is 1. The molecule has 1 aliphatic heterocycles. The molecule has 0 radical (unpaired) electrons. The average Bonchev–Trinajstić information content (AvgIpc) is 3.32. The molecule has 8 nitrogen and oxygen atoms in total. The highest BCUT2D eigenvalue weighted by Gasteiger charge is 2.44. The predicted octanol–water partition coefficient (Wildman–Crippen LogP) is 1.18. The van der Waals surface area contributed by atoms with E-state index in [9.17, 15) is 14.7 Å². The molecule has 3 aromatic rings. The number of carboxylic acids is 1. The largest absolute Gasteiger partial charge is 0.479 e. The van der Waals surface area contributed by atoms with Crippen LogP contribution >= 0.6 is 0 Å². The van der Waals surface area contributed by atoms with Gasteiger partial charge in [0.1, 0.15) is 5.65 Å². The molecule has 0 unspecified atom stereocenters. The number of aliphatic carboxylic acids is 1. The lowest BCUT2D eigenvalue weighted by Gasteiger charge is -2.39. The van der Waals surface area contributed by atoms with E-state index in [1.165, 1.54) is 4.68 Å². The van der Waals surface area contributed by atoms with Crippen LogP contribution < -0.4 is 0 Å². The molecule has 0 bridgehead atoms. The SMILES string of the molecule is O=C(Cc1cnc2ccccn12)N1CCC(C(=O)O)(n2cccn2)CC1. The van der Waals surface area contributed by atoms with Crippen LogP contribution in [0, 0.1) is 0 Å². The maximum atomic E-state index is 12.7. The number of piperidine rings is 1. The zero-order chi connectivity index (χ0) is 18.1. The number of hydrogen-bond acceptors (Lipinski definition) is 4. The molecule has 26 heavy (non-hydrogen) atoms. The van der Waals surface area contributed by atoms with Crippen molar-refractivity contribution in [2.24, 2.45) is 0 Å². The molecule has 0 aliphatic carbocycles. The van der Waals surface area contributed by atoms with Crippen LogP contribution in [0.4, 0.5) is 0 Å². The second-order valence-electron chi connectivity index (χ2n) is 6.52. The first kappa shape index (κ1) is 16.3. The summed E-state index contributed by atoms with van der Waals surface area (Å²) in [5, 5.41) is 13.9. The van der Waals surface area contributed by atoms with Gasteiger partial charge in [0.05, 0.1) is 12.1 Å². The molecule has 1 amide bonds. The average molecular weight is 353 g/mol. The van der Waals surface area contributed by atoms with Gasteiger partial charge in [-0.2, -0.15) is 5.10 Å². The molecule has 134 valence electrons. The van der Waals surface area contributed by atoms with Crippen molar-refractivity contribution in [1.82, 2.24) is 24.1 Å². The molecule has 0 saturated carbocycles. The third-order valence-electron chi connectivity index (χ3n) is 5.11. The summed E-state index contributed by atoms with van der Waals surface area (Å²) >= 11 is 0. The first-order chi connectivity index (χ1) is 12.6. The van der Waals surface area contributed by atoms with Gasteiger partial charge in [-0.3, -0.25) is 9.48 Å². The van der Waals surface area contributed by atoms with Crippen molar-refractivity contribution in [3.8, 4) is 0 Å². The van der Waals surface area contributed by atoms with Gasteiger partial charge >= 0.3 is 5.97 Å². The normalized spacial score (nSPS) is 16.7. The molecule has 8 heteroatoms. The number of amides is 1. The first-order valence-corrected chi connectivity index (χ1v) is 8.52. The van der Waals surface area contributed by atoms with E-state index in [1.54, 1.807) is 29.6 Å². The molecule has 1 N–H and O–H groups in total. The number of carboxylic acid groups (broad SMARTS) is 1.